The third kappa shape index (κ3) is 21.0. The second-order valence-electron chi connectivity index (χ2n) is 13.9. The molecule has 1 aromatic heterocycles. The van der Waals surface area contributed by atoms with Crippen molar-refractivity contribution in [3.8, 4) is 0 Å². The number of thioether (sulfide) groups is 5. The lowest BCUT2D eigenvalue weighted by molar-refractivity contribution is 0.0724. The summed E-state index contributed by atoms with van der Waals surface area (Å²) in [6.07, 6.45) is 15.6. The van der Waals surface area contributed by atoms with Crippen molar-refractivity contribution < 1.29 is 19.8 Å². The van der Waals surface area contributed by atoms with Crippen LogP contribution in [-0.4, -0.2) is 154 Å². The van der Waals surface area contributed by atoms with Crippen LogP contribution in [0.15, 0.2) is 14.4 Å². The highest BCUT2D eigenvalue weighted by Crippen LogP contribution is 2.17. The topological polar surface area (TPSA) is 150 Å². The van der Waals surface area contributed by atoms with Gasteiger partial charge in [0.15, 0.2) is 0 Å². The van der Waals surface area contributed by atoms with Gasteiger partial charge < -0.3 is 20.0 Å². The average molecular weight is 915 g/mol. The molecular weight excluding hydrogens is 845 g/mol. The summed E-state index contributed by atoms with van der Waals surface area (Å²) >= 11 is 13.5. The summed E-state index contributed by atoms with van der Waals surface area (Å²) in [4.78, 5) is 69.7. The monoisotopic (exact) mass is 914 g/mol. The van der Waals surface area contributed by atoms with Crippen molar-refractivity contribution in [3.05, 3.63) is 31.5 Å². The smallest absolute Gasteiger partial charge is 0.336 e. The highest BCUT2D eigenvalue weighted by atomic mass is 32.2. The zero-order chi connectivity index (χ0) is 41.5. The molecule has 0 unspecified atom stereocenters. The van der Waals surface area contributed by atoms with Crippen LogP contribution in [0.2, 0.25) is 0 Å². The van der Waals surface area contributed by atoms with Crippen LogP contribution < -0.4 is 17.1 Å². The molecule has 1 fully saturated rings. The lowest BCUT2D eigenvalue weighted by atomic mass is 10.3. The molecule has 0 radical (unpaired) electrons. The third-order valence-electron chi connectivity index (χ3n) is 9.31. The van der Waals surface area contributed by atoms with E-state index in [1.807, 2.05) is 47.0 Å². The molecule has 13 nitrogen and oxygen atoms in total. The number of aliphatic hydroxyl groups is 2. The zero-order valence-corrected chi connectivity index (χ0v) is 39.2. The van der Waals surface area contributed by atoms with Gasteiger partial charge in [0.2, 0.25) is 0 Å². The molecule has 1 aliphatic heterocycles. The van der Waals surface area contributed by atoms with Gasteiger partial charge in [0.1, 0.15) is 0 Å². The van der Waals surface area contributed by atoms with Gasteiger partial charge >= 0.3 is 29.1 Å². The van der Waals surface area contributed by atoms with Crippen molar-refractivity contribution in [1.29, 1.82) is 0 Å². The number of hydrogen-bond donors (Lipinski definition) is 3. The van der Waals surface area contributed by atoms with Gasteiger partial charge in [-0.1, -0.05) is 19.3 Å². The maximum atomic E-state index is 13.2. The molecule has 0 saturated carbocycles. The molecule has 1 aliphatic rings. The van der Waals surface area contributed by atoms with E-state index in [1.165, 1.54) is 36.3 Å². The van der Waals surface area contributed by atoms with Crippen molar-refractivity contribution in [2.24, 2.45) is 0 Å². The molecule has 2 heterocycles. The Morgan fingerprint density at radius 3 is 1.19 bits per heavy atom. The fraction of sp³-hybridized carbons (Fsp3) is 0.868. The number of imide groups is 1. The fourth-order valence-corrected chi connectivity index (χ4v) is 10.7. The highest BCUT2D eigenvalue weighted by molar-refractivity contribution is 8.00. The molecule has 0 spiro atoms. The second kappa shape index (κ2) is 33.8. The zero-order valence-electron chi connectivity index (χ0n) is 34.2. The third-order valence-corrected chi connectivity index (χ3v) is 14.9. The van der Waals surface area contributed by atoms with E-state index in [2.05, 4.69) is 18.9 Å². The summed E-state index contributed by atoms with van der Waals surface area (Å²) in [6, 6.07) is -0.624. The van der Waals surface area contributed by atoms with Gasteiger partial charge in [-0.05, 0) is 128 Å². The predicted octanol–water partition coefficient (Wildman–Crippen LogP) is 5.57. The Morgan fingerprint density at radius 1 is 0.456 bits per heavy atom. The minimum atomic E-state index is -0.646. The molecule has 0 bridgehead atoms. The summed E-state index contributed by atoms with van der Waals surface area (Å²) in [6.45, 7) is 1.27. The first-order chi connectivity index (χ1) is 27.8. The van der Waals surface area contributed by atoms with Crippen molar-refractivity contribution >= 4 is 83.5 Å². The number of carbonyl (C=O) groups is 2. The highest BCUT2D eigenvalue weighted by Gasteiger charge is 2.36. The molecule has 1 aromatic rings. The first kappa shape index (κ1) is 52.3. The number of amides is 4. The van der Waals surface area contributed by atoms with Gasteiger partial charge in [-0.2, -0.15) is 71.4 Å². The maximum Gasteiger partial charge on any atom is 0.336 e. The van der Waals surface area contributed by atoms with E-state index in [-0.39, 0.29) is 51.5 Å². The van der Waals surface area contributed by atoms with Crippen LogP contribution in [-0.2, 0) is 19.6 Å². The predicted molar refractivity (Wildman–Crippen MR) is 251 cm³/mol. The maximum absolute atomic E-state index is 13.2. The summed E-state index contributed by atoms with van der Waals surface area (Å²) in [5.74, 6) is 9.89. The molecule has 330 valence electrons. The van der Waals surface area contributed by atoms with E-state index < -0.39 is 17.1 Å². The quantitative estimate of drug-likeness (QED) is 0.0566. The van der Waals surface area contributed by atoms with E-state index in [9.17, 15) is 34.2 Å². The van der Waals surface area contributed by atoms with Gasteiger partial charge in [-0.25, -0.2) is 42.6 Å². The summed E-state index contributed by atoms with van der Waals surface area (Å²) in [5.41, 5.74) is -1.84. The lowest BCUT2D eigenvalue weighted by Crippen LogP contribution is -2.61. The number of β-amino-alcohol motifs (C(OH)–C–C–N with tert-alkyl or cyclic N) is 1. The lowest BCUT2D eigenvalue weighted by Gasteiger charge is -2.41. The summed E-state index contributed by atoms with van der Waals surface area (Å²) in [5, 5.41) is 18.9. The SMILES string of the molecule is CSCCCCCSCCCn1c(=O)n(CCO)c(=O)n(CCCSCCCCCSCCCN2CN(CCCSCCCCCS)C(=O)N(CCO)C2=O)c1=O. The number of hydrogen-bond acceptors (Lipinski definition) is 13. The van der Waals surface area contributed by atoms with E-state index >= 15 is 0 Å². The van der Waals surface area contributed by atoms with Gasteiger partial charge in [0.05, 0.1) is 33.0 Å². The van der Waals surface area contributed by atoms with Crippen molar-refractivity contribution in [2.75, 3.05) is 103 Å². The molecule has 0 aliphatic carbocycles. The largest absolute Gasteiger partial charge is 0.395 e. The molecule has 2 N–H and O–H groups in total. The van der Waals surface area contributed by atoms with E-state index in [1.54, 1.807) is 21.6 Å². The Bertz CT molecular complexity index is 1420. The van der Waals surface area contributed by atoms with Crippen LogP contribution in [0.25, 0.3) is 0 Å². The number of aromatic nitrogens is 3. The van der Waals surface area contributed by atoms with Crippen LogP contribution >= 0.6 is 71.4 Å². The van der Waals surface area contributed by atoms with Crippen molar-refractivity contribution in [2.45, 2.75) is 103 Å². The van der Waals surface area contributed by atoms with Crippen molar-refractivity contribution in [3.63, 3.8) is 0 Å². The number of unbranched alkanes of at least 4 members (excludes halogenated alkanes) is 6. The Morgan fingerprint density at radius 2 is 0.807 bits per heavy atom. The number of urea groups is 2. The fourth-order valence-electron chi connectivity index (χ4n) is 6.21. The average Bonchev–Trinajstić information content (AvgIpc) is 3.20. The number of rotatable bonds is 37. The van der Waals surface area contributed by atoms with Gasteiger partial charge in [0.25, 0.3) is 0 Å². The van der Waals surface area contributed by atoms with Gasteiger partial charge in [-0.3, -0.25) is 0 Å². The van der Waals surface area contributed by atoms with Crippen LogP contribution in [0.1, 0.15) is 83.5 Å². The van der Waals surface area contributed by atoms with E-state index in [4.69, 9.17) is 0 Å². The summed E-state index contributed by atoms with van der Waals surface area (Å²) < 4.78 is 3.30. The Kier molecular flexibility index (Phi) is 31.1. The van der Waals surface area contributed by atoms with E-state index in [0.717, 1.165) is 110 Å². The normalized spacial score (nSPS) is 13.4. The van der Waals surface area contributed by atoms with E-state index in [0.29, 0.717) is 32.6 Å². The van der Waals surface area contributed by atoms with Gasteiger partial charge in [0, 0.05) is 26.2 Å². The minimum Gasteiger partial charge on any atom is -0.395 e. The standard InChI is InChI=1S/C38H70N6O7S6/c1-53-24-6-3-8-26-56-31-13-17-41-36(49)42(38(51)44(20-22-46)37(41)50)18-14-32-57-28-10-4-9-27-55-30-12-16-40-33-39(34(47)43(19-21-45)35(40)48)15-11-29-54-25-7-2-5-23-52/h45-46,52H,2-33H2,1H3. The number of carbonyl (C=O) groups excluding carboxylic acids is 2. The van der Waals surface area contributed by atoms with Crippen LogP contribution in [0.3, 0.4) is 0 Å². The molecule has 2 rings (SSSR count). The number of thiol groups is 1. The molecule has 4 amide bonds. The van der Waals surface area contributed by atoms with Crippen LogP contribution in [0.5, 0.6) is 0 Å². The van der Waals surface area contributed by atoms with Crippen LogP contribution in [0.4, 0.5) is 9.59 Å². The Labute approximate surface area is 367 Å². The first-order valence-corrected chi connectivity index (χ1v) is 27.4. The van der Waals surface area contributed by atoms with Crippen LogP contribution in [0, 0.1) is 0 Å². The minimum absolute atomic E-state index is 0.0129. The first-order valence-electron chi connectivity index (χ1n) is 20.7. The Hall–Kier alpha value is -0.830. The molecule has 1 saturated heterocycles. The molecule has 19 heteroatoms. The number of nitrogens with zero attached hydrogens (tertiary/aromatic N) is 6. The molecule has 57 heavy (non-hydrogen) atoms. The second-order valence-corrected chi connectivity index (χ2v) is 20.2. The molecule has 0 aromatic carbocycles. The molecular formula is C38H70N6O7S6. The summed E-state index contributed by atoms with van der Waals surface area (Å²) in [7, 11) is 0. The molecule has 0 atom stereocenters. The van der Waals surface area contributed by atoms with Crippen molar-refractivity contribution in [1.82, 2.24) is 28.4 Å². The Balaban J connectivity index is 1.63. The number of aliphatic hydroxyl groups excluding tert-OH is 2. The van der Waals surface area contributed by atoms with Gasteiger partial charge in [-0.15, -0.1) is 0 Å².